The zero-order valence-corrected chi connectivity index (χ0v) is 78.7. The lowest BCUT2D eigenvalue weighted by atomic mass is 9.99. The predicted octanol–water partition coefficient (Wildman–Crippen LogP) is 16.8. The molecule has 0 unspecified atom stereocenters. The molecule has 0 saturated carbocycles. The molecule has 32 nitrogen and oxygen atoms in total. The largest absolute Gasteiger partial charge is 0.465 e. The van der Waals surface area contributed by atoms with Crippen LogP contribution in [0.1, 0.15) is 201 Å². The first-order chi connectivity index (χ1) is 62.2. The third kappa shape index (κ3) is 27.3. The number of carbonyl (C=O) groups excluding carboxylic acids is 3. The number of non-ortho nitro benzene ring substituents is 2. The number of carbonyl (C=O) groups is 3. The van der Waals surface area contributed by atoms with E-state index in [0.29, 0.717) is 59.5 Å². The molecule has 702 valence electrons. The molecule has 2 aliphatic carbocycles. The summed E-state index contributed by atoms with van der Waals surface area (Å²) < 4.78 is 64.8. The molecule has 8 aromatic rings. The first kappa shape index (κ1) is 101. The van der Waals surface area contributed by atoms with E-state index in [9.17, 15) is 39.4 Å². The highest BCUT2D eigenvalue weighted by atomic mass is 79.9. The standard InChI is InChI=1S/C38H51N5O4.C24H29N3O5.C16H22BrNO3.C9H9NO2.C9H10.HNO3.H2O4S/c1-6-42(30-10-14-46-15-11-30)32-9-8-28-23-41(24-29(28)19-32)33-20-34(37(44)39-22-35-25(3)18-26(4)40-38(35)45)27(5)36(21-33)43(7-2)31-12-16-47-17-13-31;1-4-26(19-7-9-32-10-8-19)23-13-21(12-22(16(23)2)24(28)31-3)25-14-17-5-6-20(27(29)30)11-18(17)15-25;1-4-18(13-5-7-21-8-6-13)15-10-12(17)9-14(11(15)2)16(19)20-3;11-10(12)9-5-4-7-2-1-3-8(7)6-9;1-2-5-9-7-3-6-8(9)4-1;2-1(3)4;1-5(2,3)4/h8-9,18-21,30-31H,6-7,10-17,22-24H2,1-5H3,(H,39,44)(H,40,45);5-6,11-13,19H,4,7-10,14-15H2,1-3H3;9-10,13H,4-8H2,1-3H3;4-6H,1-3H2;1-2,4-5H,3,6-7H2;(H,2,3,4);(H2,1,2,3,4). The van der Waals surface area contributed by atoms with Gasteiger partial charge >= 0.3 is 22.3 Å². The second-order valence-electron chi connectivity index (χ2n) is 33.2. The summed E-state index contributed by atoms with van der Waals surface area (Å²) in [6, 6.07) is 41.7. The van der Waals surface area contributed by atoms with Gasteiger partial charge in [0.2, 0.25) is 0 Å². The van der Waals surface area contributed by atoms with Crippen molar-refractivity contribution in [2.75, 3.05) is 123 Å². The van der Waals surface area contributed by atoms with E-state index in [-0.39, 0.29) is 51.2 Å². The number of H-pyrrole nitrogens is 1. The number of rotatable bonds is 21. The Kier molecular flexibility index (Phi) is 37.4. The Morgan fingerprint density at radius 3 is 1.26 bits per heavy atom. The van der Waals surface area contributed by atoms with Gasteiger partial charge < -0.3 is 73.3 Å². The van der Waals surface area contributed by atoms with Crippen LogP contribution in [0.5, 0.6) is 0 Å². The normalized spacial score (nSPS) is 15.7. The van der Waals surface area contributed by atoms with Crippen molar-refractivity contribution >= 4 is 89.7 Å². The minimum absolute atomic E-state index is 0.0992. The summed E-state index contributed by atoms with van der Waals surface area (Å²) in [6.07, 6.45) is 15.2. The van der Waals surface area contributed by atoms with E-state index < -0.39 is 15.5 Å². The van der Waals surface area contributed by atoms with Gasteiger partial charge in [-0.25, -0.2) is 9.59 Å². The average molecular weight is 1880 g/mol. The molecule has 4 saturated heterocycles. The summed E-state index contributed by atoms with van der Waals surface area (Å²) in [5, 5.41) is 38.3. The zero-order chi connectivity index (χ0) is 94.0. The molecule has 0 spiro atoms. The second kappa shape index (κ2) is 48.2. The lowest BCUT2D eigenvalue weighted by molar-refractivity contribution is -0.742. The Morgan fingerprint density at radius 1 is 0.492 bits per heavy atom. The minimum Gasteiger partial charge on any atom is -0.465 e. The number of esters is 2. The molecule has 0 radical (unpaired) electrons. The Balaban J connectivity index is 0.000000181. The first-order valence-electron chi connectivity index (χ1n) is 44.6. The highest BCUT2D eigenvalue weighted by Crippen LogP contribution is 2.42. The van der Waals surface area contributed by atoms with Crippen molar-refractivity contribution < 1.29 is 80.5 Å². The van der Waals surface area contributed by atoms with Crippen LogP contribution in [-0.4, -0.2) is 178 Å². The Morgan fingerprint density at radius 2 is 0.846 bits per heavy atom. The zero-order valence-electron chi connectivity index (χ0n) is 76.3. The number of aromatic amines is 1. The summed E-state index contributed by atoms with van der Waals surface area (Å²) in [5.74, 6) is -0.818. The number of benzene rings is 7. The van der Waals surface area contributed by atoms with E-state index in [1.807, 2.05) is 64.1 Å². The molecule has 130 heavy (non-hydrogen) atoms. The van der Waals surface area contributed by atoms with Gasteiger partial charge in [0, 0.05) is 216 Å². The van der Waals surface area contributed by atoms with Crippen LogP contribution in [0.2, 0.25) is 0 Å². The van der Waals surface area contributed by atoms with Crippen molar-refractivity contribution in [3.8, 4) is 0 Å². The van der Waals surface area contributed by atoms with Gasteiger partial charge in [0.05, 0.1) is 35.2 Å². The van der Waals surface area contributed by atoms with E-state index in [1.165, 1.54) is 55.9 Å². The lowest BCUT2D eigenvalue weighted by Gasteiger charge is -2.37. The molecule has 6 aliphatic heterocycles. The van der Waals surface area contributed by atoms with Gasteiger partial charge in [0.25, 0.3) is 27.9 Å². The van der Waals surface area contributed by atoms with E-state index in [4.69, 9.17) is 61.3 Å². The van der Waals surface area contributed by atoms with Crippen LogP contribution >= 0.6 is 15.9 Å². The fraction of sp³-hybridized carbons (Fsp3) is 0.479. The number of amides is 1. The molecule has 16 rings (SSSR count). The number of anilines is 6. The van der Waals surface area contributed by atoms with Crippen LogP contribution in [0, 0.1) is 65.0 Å². The maximum atomic E-state index is 14.0. The number of halogens is 1. The maximum absolute atomic E-state index is 14.0. The number of pyridine rings is 1. The lowest BCUT2D eigenvalue weighted by Crippen LogP contribution is -2.40. The van der Waals surface area contributed by atoms with Gasteiger partial charge in [-0.1, -0.05) is 58.4 Å². The predicted molar refractivity (Wildman–Crippen MR) is 505 cm³/mol. The molecular formula is C96H124BrN11O21S. The molecule has 1 aromatic heterocycles. The second-order valence-corrected chi connectivity index (χ2v) is 35.1. The number of nitro groups is 2. The van der Waals surface area contributed by atoms with Crippen molar-refractivity contribution in [3.63, 3.8) is 0 Å². The number of methoxy groups -OCH3 is 2. The molecular weight excluding hydrogens is 1760 g/mol. The number of aryl methyl sites for hydroxylation is 6. The Hall–Kier alpha value is -11.1. The van der Waals surface area contributed by atoms with Gasteiger partial charge in [0.1, 0.15) is 0 Å². The molecule has 7 heterocycles. The minimum atomic E-state index is -4.67. The van der Waals surface area contributed by atoms with Crippen LogP contribution in [0.3, 0.4) is 0 Å². The highest BCUT2D eigenvalue weighted by Gasteiger charge is 2.33. The average Bonchev–Trinajstić information content (AvgIpc) is 1.75. The fourth-order valence-electron chi connectivity index (χ4n) is 18.7. The molecule has 7 aromatic carbocycles. The van der Waals surface area contributed by atoms with Crippen LogP contribution in [0.25, 0.3) is 0 Å². The number of nitro benzene ring substituents is 2. The SMILES string of the molecule is CCN(c1cc(Br)cc(C(=O)OC)c1C)C1CCOCC1.CCN(c1cc(N2Cc3ccc([N+](=O)[O-])cc3C2)cc(C(=O)OC)c1C)C1CCOCC1.CCN(c1ccc2c(c1)CN(c1cc(C(=O)NCc3c(C)cc(C)[nH]c3=O)c(C)c(N(CC)C3CCOCC3)c1)C2)C1CCOCC1.O=S(=O)(O)O.O=[N+]([O-])O.O=[N+]([O-])c1ccc2c(c1)CCC2.c1ccc2c(c1)CCC2. The number of nitrogens with zero attached hydrogens (tertiary/aromatic N) is 9. The summed E-state index contributed by atoms with van der Waals surface area (Å²) in [6.45, 7) is 31.3. The van der Waals surface area contributed by atoms with Gasteiger partial charge in [-0.2, -0.15) is 8.42 Å². The van der Waals surface area contributed by atoms with Crippen molar-refractivity contribution in [2.24, 2.45) is 0 Å². The van der Waals surface area contributed by atoms with Crippen molar-refractivity contribution in [2.45, 2.75) is 209 Å². The van der Waals surface area contributed by atoms with Crippen molar-refractivity contribution in [1.82, 2.24) is 10.3 Å². The quantitative estimate of drug-likeness (QED) is 0.0193. The van der Waals surface area contributed by atoms with Gasteiger partial charge in [-0.05, 0) is 274 Å². The molecule has 4 fully saturated rings. The summed E-state index contributed by atoms with van der Waals surface area (Å²) in [5.41, 5.74) is 23.8. The smallest absolute Gasteiger partial charge is 0.394 e. The molecule has 5 N–H and O–H groups in total. The molecule has 34 heteroatoms. The van der Waals surface area contributed by atoms with Crippen LogP contribution in [-0.2, 0) is 97.2 Å². The summed E-state index contributed by atoms with van der Waals surface area (Å²) in [7, 11) is -1.85. The van der Waals surface area contributed by atoms with Crippen LogP contribution < -0.4 is 40.3 Å². The molecule has 1 amide bonds. The topological polar surface area (TPSA) is 395 Å². The number of nitrogens with one attached hydrogen (secondary N) is 2. The van der Waals surface area contributed by atoms with Crippen molar-refractivity contribution in [1.29, 1.82) is 0 Å². The molecule has 8 aliphatic rings. The Labute approximate surface area is 769 Å². The first-order valence-corrected chi connectivity index (χ1v) is 46.8. The van der Waals surface area contributed by atoms with E-state index in [2.05, 4.69) is 151 Å². The maximum Gasteiger partial charge on any atom is 0.394 e. The number of fused-ring (bicyclic) bond motifs is 4. The van der Waals surface area contributed by atoms with E-state index in [0.717, 1.165) is 240 Å². The van der Waals surface area contributed by atoms with Gasteiger partial charge in [-0.15, -0.1) is 10.1 Å². The fourth-order valence-corrected chi connectivity index (χ4v) is 19.1. The third-order valence-electron chi connectivity index (χ3n) is 25.3. The van der Waals surface area contributed by atoms with Gasteiger partial charge in [0.15, 0.2) is 0 Å². The van der Waals surface area contributed by atoms with Crippen LogP contribution in [0.15, 0.2) is 131 Å². The molecule has 0 bridgehead atoms. The number of hydrogen-bond acceptors (Lipinski definition) is 24. The molecule has 0 atom stereocenters. The summed E-state index contributed by atoms with van der Waals surface area (Å²) in [4.78, 5) is 97.6. The number of hydrogen-bond donors (Lipinski definition) is 5. The number of aromatic nitrogens is 1. The Bertz CT molecular complexity index is 5410. The van der Waals surface area contributed by atoms with E-state index in [1.54, 1.807) is 35.4 Å². The highest BCUT2D eigenvalue weighted by molar-refractivity contribution is 9.10. The van der Waals surface area contributed by atoms with Gasteiger partial charge in [-0.3, -0.25) is 38.9 Å². The summed E-state index contributed by atoms with van der Waals surface area (Å²) >= 11 is 3.51. The monoisotopic (exact) mass is 1880 g/mol. The number of ether oxygens (including phenoxy) is 6. The van der Waals surface area contributed by atoms with Crippen LogP contribution in [0.4, 0.5) is 45.5 Å². The third-order valence-corrected chi connectivity index (χ3v) is 25.7. The van der Waals surface area contributed by atoms with Crippen molar-refractivity contribution in [3.05, 3.63) is 261 Å². The van der Waals surface area contributed by atoms with E-state index >= 15 is 0 Å².